The number of barbiturate groups is 1. The molecule has 0 bridgehead atoms. The Kier molecular flexibility index (Phi) is 4.16. The fourth-order valence-electron chi connectivity index (χ4n) is 2.48. The maximum Gasteiger partial charge on any atom is 0.328 e. The quantitative estimate of drug-likeness (QED) is 0.670. The van der Waals surface area contributed by atoms with Crippen molar-refractivity contribution in [3.8, 4) is 0 Å². The summed E-state index contributed by atoms with van der Waals surface area (Å²) in [5.74, 6) is -0.978. The highest BCUT2D eigenvalue weighted by atomic mass is 16.5. The van der Waals surface area contributed by atoms with E-state index in [1.807, 2.05) is 0 Å². The number of nitrogens with one attached hydrogen (secondary N) is 2. The van der Waals surface area contributed by atoms with E-state index in [4.69, 9.17) is 4.74 Å². The Hall–Kier alpha value is -1.47. The third-order valence-electron chi connectivity index (χ3n) is 3.89. The van der Waals surface area contributed by atoms with E-state index in [1.54, 1.807) is 6.92 Å². The predicted molar refractivity (Wildman–Crippen MR) is 66.3 cm³/mol. The van der Waals surface area contributed by atoms with Gasteiger partial charge in [-0.25, -0.2) is 4.79 Å². The summed E-state index contributed by atoms with van der Waals surface area (Å²) >= 11 is 0. The zero-order valence-electron chi connectivity index (χ0n) is 11.0. The molecule has 2 heterocycles. The molecule has 0 aliphatic carbocycles. The molecule has 0 aromatic heterocycles. The molecule has 0 saturated carbocycles. The third kappa shape index (κ3) is 2.76. The topological polar surface area (TPSA) is 87.7 Å². The molecule has 7 heteroatoms. The summed E-state index contributed by atoms with van der Waals surface area (Å²) in [5.41, 5.74) is -1.13. The van der Waals surface area contributed by atoms with Crippen molar-refractivity contribution in [3.63, 3.8) is 0 Å². The van der Waals surface area contributed by atoms with Crippen molar-refractivity contribution in [1.29, 1.82) is 0 Å². The van der Waals surface area contributed by atoms with Crippen molar-refractivity contribution in [2.45, 2.75) is 19.8 Å². The van der Waals surface area contributed by atoms with Gasteiger partial charge in [-0.15, -0.1) is 0 Å². The molecule has 106 valence electrons. The minimum atomic E-state index is -1.13. The number of imide groups is 2. The van der Waals surface area contributed by atoms with Gasteiger partial charge < -0.3 is 4.74 Å². The van der Waals surface area contributed by atoms with Gasteiger partial charge in [0.2, 0.25) is 11.8 Å². The Morgan fingerprint density at radius 3 is 2.26 bits per heavy atom. The Balaban J connectivity index is 2.02. The van der Waals surface area contributed by atoms with Crippen LogP contribution in [-0.4, -0.2) is 55.6 Å². The zero-order valence-corrected chi connectivity index (χ0v) is 11.0. The van der Waals surface area contributed by atoms with Crippen molar-refractivity contribution < 1.29 is 19.1 Å². The molecule has 0 aromatic carbocycles. The molecule has 0 unspecified atom stereocenters. The SMILES string of the molecule is CCC1(CCN2CCOCC2)C(=O)NC(=O)NC1=O. The fourth-order valence-corrected chi connectivity index (χ4v) is 2.48. The Morgan fingerprint density at radius 2 is 1.74 bits per heavy atom. The molecule has 2 saturated heterocycles. The number of urea groups is 1. The summed E-state index contributed by atoms with van der Waals surface area (Å²) in [6, 6.07) is -0.731. The lowest BCUT2D eigenvalue weighted by molar-refractivity contribution is -0.145. The van der Waals surface area contributed by atoms with Crippen LogP contribution in [0, 0.1) is 5.41 Å². The van der Waals surface area contributed by atoms with Crippen LogP contribution >= 0.6 is 0 Å². The van der Waals surface area contributed by atoms with E-state index in [-0.39, 0.29) is 0 Å². The average molecular weight is 269 g/mol. The first-order valence-electron chi connectivity index (χ1n) is 6.55. The van der Waals surface area contributed by atoms with E-state index in [1.165, 1.54) is 0 Å². The molecule has 4 amide bonds. The number of carbonyl (C=O) groups excluding carboxylic acids is 3. The van der Waals surface area contributed by atoms with Crippen molar-refractivity contribution >= 4 is 17.8 Å². The highest BCUT2D eigenvalue weighted by molar-refractivity contribution is 6.19. The van der Waals surface area contributed by atoms with Gasteiger partial charge in [-0.1, -0.05) is 6.92 Å². The summed E-state index contributed by atoms with van der Waals surface area (Å²) in [4.78, 5) is 37.3. The molecule has 0 atom stereocenters. The highest BCUT2D eigenvalue weighted by Crippen LogP contribution is 2.29. The first-order valence-corrected chi connectivity index (χ1v) is 6.55. The predicted octanol–water partition coefficient (Wildman–Crippen LogP) is -0.529. The lowest BCUT2D eigenvalue weighted by Gasteiger charge is -2.35. The number of amides is 4. The Morgan fingerprint density at radius 1 is 1.16 bits per heavy atom. The summed E-state index contributed by atoms with van der Waals surface area (Å²) in [6.07, 6.45) is 0.788. The molecule has 0 spiro atoms. The second-order valence-corrected chi connectivity index (χ2v) is 4.88. The summed E-state index contributed by atoms with van der Waals surface area (Å²) in [5, 5.41) is 4.37. The second-order valence-electron chi connectivity index (χ2n) is 4.88. The number of morpholine rings is 1. The van der Waals surface area contributed by atoms with Gasteiger partial charge in [-0.3, -0.25) is 25.1 Å². The van der Waals surface area contributed by atoms with Crippen LogP contribution in [0.4, 0.5) is 4.79 Å². The van der Waals surface area contributed by atoms with Gasteiger partial charge in [0.05, 0.1) is 13.2 Å². The molecule has 2 rings (SSSR count). The van der Waals surface area contributed by atoms with Gasteiger partial charge >= 0.3 is 6.03 Å². The van der Waals surface area contributed by atoms with Crippen molar-refractivity contribution in [2.24, 2.45) is 5.41 Å². The van der Waals surface area contributed by atoms with E-state index >= 15 is 0 Å². The number of nitrogens with zero attached hydrogens (tertiary/aromatic N) is 1. The van der Waals surface area contributed by atoms with Gasteiger partial charge in [0.15, 0.2) is 0 Å². The van der Waals surface area contributed by atoms with E-state index in [0.29, 0.717) is 32.6 Å². The monoisotopic (exact) mass is 269 g/mol. The molecule has 2 aliphatic rings. The van der Waals surface area contributed by atoms with Gasteiger partial charge in [-0.05, 0) is 19.4 Å². The van der Waals surface area contributed by atoms with Crippen LogP contribution in [0.15, 0.2) is 0 Å². The minimum absolute atomic E-state index is 0.377. The minimum Gasteiger partial charge on any atom is -0.379 e. The van der Waals surface area contributed by atoms with Gasteiger partial charge in [0.1, 0.15) is 5.41 Å². The summed E-state index contributed by atoms with van der Waals surface area (Å²) in [6.45, 7) is 5.40. The normalized spacial score (nSPS) is 23.9. The molecule has 2 aliphatic heterocycles. The fraction of sp³-hybridized carbons (Fsp3) is 0.750. The Bertz CT molecular complexity index is 370. The Labute approximate surface area is 111 Å². The van der Waals surface area contributed by atoms with Crippen LogP contribution in [0.25, 0.3) is 0 Å². The summed E-state index contributed by atoms with van der Waals surface area (Å²) in [7, 11) is 0. The zero-order chi connectivity index (χ0) is 13.9. The number of carbonyl (C=O) groups is 3. The number of rotatable bonds is 4. The first kappa shape index (κ1) is 14.0. The van der Waals surface area contributed by atoms with Gasteiger partial charge in [0, 0.05) is 13.1 Å². The largest absolute Gasteiger partial charge is 0.379 e. The summed E-state index contributed by atoms with van der Waals surface area (Å²) < 4.78 is 5.25. The molecular formula is C12H19N3O4. The first-order chi connectivity index (χ1) is 9.08. The van der Waals surface area contributed by atoms with E-state index in [2.05, 4.69) is 15.5 Å². The van der Waals surface area contributed by atoms with Crippen molar-refractivity contribution in [3.05, 3.63) is 0 Å². The molecule has 19 heavy (non-hydrogen) atoms. The molecule has 2 N–H and O–H groups in total. The van der Waals surface area contributed by atoms with Crippen molar-refractivity contribution in [1.82, 2.24) is 15.5 Å². The molecular weight excluding hydrogens is 250 g/mol. The van der Waals surface area contributed by atoms with Crippen LogP contribution in [0.2, 0.25) is 0 Å². The molecule has 7 nitrogen and oxygen atoms in total. The third-order valence-corrected chi connectivity index (χ3v) is 3.89. The lowest BCUT2D eigenvalue weighted by Crippen LogP contribution is -2.62. The lowest BCUT2D eigenvalue weighted by atomic mass is 9.78. The number of ether oxygens (including phenoxy) is 1. The maximum absolute atomic E-state index is 12.0. The van der Waals surface area contributed by atoms with Crippen LogP contribution < -0.4 is 10.6 Å². The van der Waals surface area contributed by atoms with E-state index in [9.17, 15) is 14.4 Å². The maximum atomic E-state index is 12.0. The molecule has 2 fully saturated rings. The standard InChI is InChI=1S/C12H19N3O4/c1-2-12(3-4-15-5-7-19-8-6-15)9(16)13-11(18)14-10(12)17/h2-8H2,1H3,(H2,13,14,16,17,18). The molecule has 0 radical (unpaired) electrons. The van der Waals surface area contributed by atoms with Crippen LogP contribution in [0.5, 0.6) is 0 Å². The highest BCUT2D eigenvalue weighted by Gasteiger charge is 2.48. The van der Waals surface area contributed by atoms with E-state index in [0.717, 1.165) is 13.1 Å². The van der Waals surface area contributed by atoms with Crippen LogP contribution in [0.1, 0.15) is 19.8 Å². The van der Waals surface area contributed by atoms with Crippen LogP contribution in [-0.2, 0) is 14.3 Å². The number of hydrogen-bond acceptors (Lipinski definition) is 5. The van der Waals surface area contributed by atoms with Crippen molar-refractivity contribution in [2.75, 3.05) is 32.8 Å². The van der Waals surface area contributed by atoms with Gasteiger partial charge in [0.25, 0.3) is 0 Å². The van der Waals surface area contributed by atoms with Crippen LogP contribution in [0.3, 0.4) is 0 Å². The average Bonchev–Trinajstić information content (AvgIpc) is 2.39. The molecule has 0 aromatic rings. The van der Waals surface area contributed by atoms with E-state index < -0.39 is 23.3 Å². The number of hydrogen-bond donors (Lipinski definition) is 2. The smallest absolute Gasteiger partial charge is 0.328 e. The second kappa shape index (κ2) is 5.66. The van der Waals surface area contributed by atoms with Gasteiger partial charge in [-0.2, -0.15) is 0 Å².